The van der Waals surface area contributed by atoms with E-state index < -0.39 is 23.8 Å². The zero-order valence-corrected chi connectivity index (χ0v) is 19.5. The predicted octanol–water partition coefficient (Wildman–Crippen LogP) is 5.58. The van der Waals surface area contributed by atoms with Crippen LogP contribution in [0.25, 0.3) is 5.57 Å². The largest absolute Gasteiger partial charge is 0.460 e. The topological polar surface area (TPSA) is 66.8 Å². The van der Waals surface area contributed by atoms with E-state index in [1.807, 2.05) is 6.92 Å². The standard InChI is InChI=1S/C27H32F2O4/c1-5-18(10-15-23(30)16-24(31)17-25(32)33-27(2,3)4)26(19-6-11-21(28)12-7-19)20-8-13-22(29)14-9-20/h6-15,23-24,30-31H,5,16-17H2,1-4H3/b15-10+. The second-order valence-corrected chi connectivity index (χ2v) is 8.87. The predicted molar refractivity (Wildman–Crippen MR) is 125 cm³/mol. The summed E-state index contributed by atoms with van der Waals surface area (Å²) in [6, 6.07) is 12.0. The van der Waals surface area contributed by atoms with Gasteiger partial charge in [-0.15, -0.1) is 0 Å². The molecule has 0 aliphatic rings. The minimum Gasteiger partial charge on any atom is -0.460 e. The number of hydrogen-bond acceptors (Lipinski definition) is 4. The number of carbonyl (C=O) groups excluding carboxylic acids is 1. The van der Waals surface area contributed by atoms with Gasteiger partial charge in [0.25, 0.3) is 0 Å². The van der Waals surface area contributed by atoms with Crippen LogP contribution in [0.1, 0.15) is 58.1 Å². The Labute approximate surface area is 194 Å². The first-order valence-corrected chi connectivity index (χ1v) is 11.0. The molecule has 2 aromatic rings. The van der Waals surface area contributed by atoms with Gasteiger partial charge in [-0.25, -0.2) is 8.78 Å². The fourth-order valence-electron chi connectivity index (χ4n) is 3.39. The lowest BCUT2D eigenvalue weighted by molar-refractivity contribution is -0.157. The second kappa shape index (κ2) is 11.9. The quantitative estimate of drug-likeness (QED) is 0.380. The maximum atomic E-state index is 13.5. The first-order valence-electron chi connectivity index (χ1n) is 11.0. The van der Waals surface area contributed by atoms with Crippen LogP contribution in [0.2, 0.25) is 0 Å². The summed E-state index contributed by atoms with van der Waals surface area (Å²) in [5, 5.41) is 20.5. The number of aliphatic hydroxyl groups excluding tert-OH is 2. The molecule has 2 aromatic carbocycles. The van der Waals surface area contributed by atoms with Gasteiger partial charge in [0, 0.05) is 6.42 Å². The number of esters is 1. The van der Waals surface area contributed by atoms with Crippen molar-refractivity contribution in [3.8, 4) is 0 Å². The first-order chi connectivity index (χ1) is 15.5. The highest BCUT2D eigenvalue weighted by Gasteiger charge is 2.20. The molecule has 0 heterocycles. The van der Waals surface area contributed by atoms with Crippen molar-refractivity contribution in [1.29, 1.82) is 0 Å². The summed E-state index contributed by atoms with van der Waals surface area (Å²) >= 11 is 0. The lowest BCUT2D eigenvalue weighted by Gasteiger charge is -2.21. The van der Waals surface area contributed by atoms with Gasteiger partial charge in [0.05, 0.1) is 18.6 Å². The lowest BCUT2D eigenvalue weighted by Crippen LogP contribution is -2.27. The van der Waals surface area contributed by atoms with E-state index in [4.69, 9.17) is 4.74 Å². The Morgan fingerprint density at radius 2 is 1.45 bits per heavy atom. The van der Waals surface area contributed by atoms with Crippen molar-refractivity contribution in [3.63, 3.8) is 0 Å². The summed E-state index contributed by atoms with van der Waals surface area (Å²) in [6.07, 6.45) is 1.59. The Bertz CT molecular complexity index is 923. The summed E-state index contributed by atoms with van der Waals surface area (Å²) in [4.78, 5) is 11.9. The van der Waals surface area contributed by atoms with E-state index in [-0.39, 0.29) is 24.5 Å². The van der Waals surface area contributed by atoms with Gasteiger partial charge in [-0.05, 0) is 73.7 Å². The number of rotatable bonds is 9. The smallest absolute Gasteiger partial charge is 0.308 e. The average Bonchev–Trinajstić information content (AvgIpc) is 2.71. The van der Waals surface area contributed by atoms with E-state index in [1.54, 1.807) is 57.2 Å². The van der Waals surface area contributed by atoms with Crippen molar-refractivity contribution < 1.29 is 28.5 Å². The van der Waals surface area contributed by atoms with Crippen LogP contribution in [-0.4, -0.2) is 34.0 Å². The summed E-state index contributed by atoms with van der Waals surface area (Å²) in [5.74, 6) is -1.25. The van der Waals surface area contributed by atoms with Crippen molar-refractivity contribution in [2.24, 2.45) is 0 Å². The monoisotopic (exact) mass is 458 g/mol. The molecule has 2 unspecified atom stereocenters. The number of carbonyl (C=O) groups is 1. The molecule has 0 radical (unpaired) electrons. The average molecular weight is 459 g/mol. The van der Waals surface area contributed by atoms with Gasteiger partial charge < -0.3 is 14.9 Å². The van der Waals surface area contributed by atoms with Gasteiger partial charge >= 0.3 is 5.97 Å². The summed E-state index contributed by atoms with van der Waals surface area (Å²) in [7, 11) is 0. The molecule has 2 atom stereocenters. The second-order valence-electron chi connectivity index (χ2n) is 8.87. The molecule has 0 spiro atoms. The van der Waals surface area contributed by atoms with Crippen LogP contribution in [0, 0.1) is 11.6 Å². The molecule has 0 bridgehead atoms. The molecule has 0 aliphatic heterocycles. The third kappa shape index (κ3) is 8.91. The zero-order chi connectivity index (χ0) is 24.6. The number of halogens is 2. The van der Waals surface area contributed by atoms with E-state index in [9.17, 15) is 23.8 Å². The van der Waals surface area contributed by atoms with Crippen LogP contribution in [0.3, 0.4) is 0 Å². The van der Waals surface area contributed by atoms with E-state index in [0.717, 1.165) is 22.3 Å². The molecular weight excluding hydrogens is 426 g/mol. The number of benzene rings is 2. The van der Waals surface area contributed by atoms with E-state index >= 15 is 0 Å². The van der Waals surface area contributed by atoms with E-state index in [0.29, 0.717) is 6.42 Å². The van der Waals surface area contributed by atoms with Crippen LogP contribution in [0.15, 0.2) is 66.3 Å². The summed E-state index contributed by atoms with van der Waals surface area (Å²) in [5.41, 5.74) is 2.49. The molecule has 0 fully saturated rings. The number of aliphatic hydroxyl groups is 2. The Balaban J connectivity index is 2.25. The van der Waals surface area contributed by atoms with Crippen LogP contribution in [-0.2, 0) is 9.53 Å². The highest BCUT2D eigenvalue weighted by atomic mass is 19.1. The first kappa shape index (κ1) is 26.4. The molecule has 0 saturated carbocycles. The maximum absolute atomic E-state index is 13.5. The van der Waals surface area contributed by atoms with Gasteiger partial charge in [-0.3, -0.25) is 4.79 Å². The van der Waals surface area contributed by atoms with Crippen molar-refractivity contribution in [1.82, 2.24) is 0 Å². The van der Waals surface area contributed by atoms with Crippen molar-refractivity contribution >= 4 is 11.5 Å². The Kier molecular flexibility index (Phi) is 9.50. The van der Waals surface area contributed by atoms with Gasteiger partial charge in [0.2, 0.25) is 0 Å². The SMILES string of the molecule is CCC(/C=C/C(O)CC(O)CC(=O)OC(C)(C)C)=C(c1ccc(F)cc1)c1ccc(F)cc1. The maximum Gasteiger partial charge on any atom is 0.308 e. The highest BCUT2D eigenvalue weighted by Crippen LogP contribution is 2.30. The third-order valence-corrected chi connectivity index (χ3v) is 4.82. The van der Waals surface area contributed by atoms with Crippen LogP contribution >= 0.6 is 0 Å². The molecule has 33 heavy (non-hydrogen) atoms. The normalized spacial score (nSPS) is 13.6. The molecule has 0 aromatic heterocycles. The van der Waals surface area contributed by atoms with E-state index in [2.05, 4.69) is 0 Å². The van der Waals surface area contributed by atoms with Gasteiger partial charge in [-0.2, -0.15) is 0 Å². The zero-order valence-electron chi connectivity index (χ0n) is 19.5. The molecule has 0 saturated heterocycles. The Morgan fingerprint density at radius 3 is 1.88 bits per heavy atom. The Hall–Kier alpha value is -2.83. The van der Waals surface area contributed by atoms with Crippen LogP contribution < -0.4 is 0 Å². The summed E-state index contributed by atoms with van der Waals surface area (Å²) < 4.78 is 32.1. The van der Waals surface area contributed by atoms with Gasteiger partial charge in [-0.1, -0.05) is 43.3 Å². The van der Waals surface area contributed by atoms with Gasteiger partial charge in [0.1, 0.15) is 17.2 Å². The van der Waals surface area contributed by atoms with Crippen molar-refractivity contribution in [2.45, 2.75) is 64.8 Å². The Morgan fingerprint density at radius 1 is 0.970 bits per heavy atom. The molecule has 2 N–H and O–H groups in total. The number of hydrogen-bond donors (Lipinski definition) is 2. The fraction of sp³-hybridized carbons (Fsp3) is 0.370. The molecule has 0 amide bonds. The van der Waals surface area contributed by atoms with Crippen LogP contribution in [0.4, 0.5) is 8.78 Å². The summed E-state index contributed by atoms with van der Waals surface area (Å²) in [6.45, 7) is 7.17. The van der Waals surface area contributed by atoms with Crippen molar-refractivity contribution in [2.75, 3.05) is 0 Å². The lowest BCUT2D eigenvalue weighted by atomic mass is 9.91. The molecular formula is C27H32F2O4. The number of ether oxygens (including phenoxy) is 1. The minimum atomic E-state index is -1.05. The van der Waals surface area contributed by atoms with E-state index in [1.165, 1.54) is 24.3 Å². The molecule has 0 aliphatic carbocycles. The fourth-order valence-corrected chi connectivity index (χ4v) is 3.39. The van der Waals surface area contributed by atoms with Gasteiger partial charge in [0.15, 0.2) is 0 Å². The highest BCUT2D eigenvalue weighted by molar-refractivity contribution is 5.83. The van der Waals surface area contributed by atoms with Crippen molar-refractivity contribution in [3.05, 3.63) is 89.0 Å². The number of allylic oxidation sites excluding steroid dienone is 2. The minimum absolute atomic E-state index is 0.0326. The molecule has 4 nitrogen and oxygen atoms in total. The molecule has 6 heteroatoms. The third-order valence-electron chi connectivity index (χ3n) is 4.82. The molecule has 178 valence electrons. The van der Waals surface area contributed by atoms with Crippen LogP contribution in [0.5, 0.6) is 0 Å². The molecule has 2 rings (SSSR count).